The lowest BCUT2D eigenvalue weighted by Gasteiger charge is -2.17. The zero-order valence-electron chi connectivity index (χ0n) is 13.8. The van der Waals surface area contributed by atoms with Crippen molar-refractivity contribution in [3.63, 3.8) is 0 Å². The second kappa shape index (κ2) is 13.8. The van der Waals surface area contributed by atoms with Gasteiger partial charge in [-0.2, -0.15) is 0 Å². The number of unbranched alkanes of at least 4 members (excludes halogenated alkanes) is 2. The Morgan fingerprint density at radius 3 is 1.70 bits per heavy atom. The molecule has 0 aromatic carbocycles. The molecule has 0 aromatic heterocycles. The van der Waals surface area contributed by atoms with Crippen LogP contribution in [0.5, 0.6) is 0 Å². The normalized spacial score (nSPS) is 11.3. The topological polar surface area (TPSA) is 88.1 Å². The average Bonchev–Trinajstić information content (AvgIpc) is 2.52. The van der Waals surface area contributed by atoms with Crippen molar-refractivity contribution in [1.29, 1.82) is 0 Å². The molecular formula is C14H26ClO7P. The Kier molecular flexibility index (Phi) is 13.4. The van der Waals surface area contributed by atoms with E-state index in [4.69, 9.17) is 30.1 Å². The molecule has 0 amide bonds. The summed E-state index contributed by atoms with van der Waals surface area (Å²) in [6.45, 7) is 3.47. The molecule has 0 saturated carbocycles. The van der Waals surface area contributed by atoms with Gasteiger partial charge in [0.1, 0.15) is 0 Å². The number of carbonyl (C=O) groups is 2. The number of esters is 2. The average molecular weight is 373 g/mol. The van der Waals surface area contributed by atoms with E-state index in [9.17, 15) is 14.2 Å². The van der Waals surface area contributed by atoms with E-state index in [-0.39, 0.29) is 25.3 Å². The number of rotatable bonds is 14. The van der Waals surface area contributed by atoms with Gasteiger partial charge in [-0.1, -0.05) is 26.7 Å². The van der Waals surface area contributed by atoms with Crippen LogP contribution in [-0.2, 0) is 32.7 Å². The van der Waals surface area contributed by atoms with Crippen molar-refractivity contribution in [3.05, 3.63) is 0 Å². The van der Waals surface area contributed by atoms with E-state index < -0.39 is 32.7 Å². The molecule has 0 bridgehead atoms. The van der Waals surface area contributed by atoms with Crippen molar-refractivity contribution in [1.82, 2.24) is 0 Å². The van der Waals surface area contributed by atoms with Crippen molar-refractivity contribution in [3.8, 4) is 0 Å². The van der Waals surface area contributed by atoms with E-state index in [1.54, 1.807) is 0 Å². The van der Waals surface area contributed by atoms with Crippen molar-refractivity contribution >= 4 is 31.1 Å². The molecule has 0 N–H and O–H groups in total. The maximum absolute atomic E-state index is 12.3. The molecule has 0 atom stereocenters. The Hall–Kier alpha value is -0.620. The van der Waals surface area contributed by atoms with E-state index in [2.05, 4.69) is 0 Å². The van der Waals surface area contributed by atoms with Crippen LogP contribution >= 0.6 is 19.2 Å². The molecule has 0 saturated heterocycles. The molecule has 23 heavy (non-hydrogen) atoms. The van der Waals surface area contributed by atoms with E-state index in [0.717, 1.165) is 25.7 Å². The quantitative estimate of drug-likeness (QED) is 0.200. The van der Waals surface area contributed by atoms with Gasteiger partial charge in [-0.3, -0.25) is 13.6 Å². The number of halogens is 1. The third kappa shape index (κ3) is 12.5. The summed E-state index contributed by atoms with van der Waals surface area (Å²) in [6, 6.07) is 0. The molecule has 0 spiro atoms. The standard InChI is InChI=1S/C14H26ClO7P/c1-3-5-8-19-13(16)11-21-23(18,10-7-15)22-12-14(17)20-9-6-4-2/h3-12H2,1-2H3. The minimum Gasteiger partial charge on any atom is -0.464 e. The lowest BCUT2D eigenvalue weighted by Crippen LogP contribution is -2.17. The summed E-state index contributed by atoms with van der Waals surface area (Å²) >= 11 is 5.56. The third-order valence-corrected chi connectivity index (χ3v) is 4.91. The Labute approximate surface area is 142 Å². The Bertz CT molecular complexity index is 359. The fraction of sp³-hybridized carbons (Fsp3) is 0.857. The predicted octanol–water partition coefficient (Wildman–Crippen LogP) is 3.14. The van der Waals surface area contributed by atoms with Crippen LogP contribution in [0.3, 0.4) is 0 Å². The number of hydrogen-bond acceptors (Lipinski definition) is 7. The predicted molar refractivity (Wildman–Crippen MR) is 86.8 cm³/mol. The molecule has 136 valence electrons. The largest absolute Gasteiger partial charge is 0.464 e. The van der Waals surface area contributed by atoms with Gasteiger partial charge in [0.25, 0.3) is 0 Å². The van der Waals surface area contributed by atoms with Gasteiger partial charge >= 0.3 is 19.5 Å². The molecule has 9 heteroatoms. The summed E-state index contributed by atoms with van der Waals surface area (Å²) in [6.07, 6.45) is 3.15. The van der Waals surface area contributed by atoms with Gasteiger partial charge in [0, 0.05) is 5.88 Å². The van der Waals surface area contributed by atoms with Crippen molar-refractivity contribution < 1.29 is 32.7 Å². The van der Waals surface area contributed by atoms with Crippen LogP contribution in [0.2, 0.25) is 0 Å². The number of carbonyl (C=O) groups excluding carboxylic acids is 2. The number of hydrogen-bond donors (Lipinski definition) is 0. The van der Waals surface area contributed by atoms with Gasteiger partial charge in [-0.25, -0.2) is 9.59 Å². The molecule has 0 aliphatic rings. The highest BCUT2D eigenvalue weighted by Crippen LogP contribution is 2.47. The molecule has 0 aliphatic heterocycles. The molecule has 0 heterocycles. The van der Waals surface area contributed by atoms with Crippen LogP contribution in [0.4, 0.5) is 0 Å². The summed E-state index contributed by atoms with van der Waals surface area (Å²) in [7, 11) is -3.64. The maximum Gasteiger partial charge on any atom is 0.332 e. The SMILES string of the molecule is CCCCOC(=O)COP(=O)(CCCl)OCC(=O)OCCCC. The summed E-state index contributed by atoms with van der Waals surface area (Å²) in [5.41, 5.74) is 0. The van der Waals surface area contributed by atoms with E-state index in [1.165, 1.54) is 0 Å². The molecule has 0 aliphatic carbocycles. The minimum absolute atomic E-state index is 0.00699. The first-order valence-corrected chi connectivity index (χ1v) is 9.99. The van der Waals surface area contributed by atoms with Crippen LogP contribution in [0, 0.1) is 0 Å². The van der Waals surface area contributed by atoms with Gasteiger partial charge in [-0.15, -0.1) is 11.6 Å². The van der Waals surface area contributed by atoms with Gasteiger partial charge in [-0.05, 0) is 12.8 Å². The van der Waals surface area contributed by atoms with Gasteiger partial charge < -0.3 is 9.47 Å². The summed E-state index contributed by atoms with van der Waals surface area (Å²) in [5.74, 6) is -1.27. The molecule has 0 aromatic rings. The molecular weight excluding hydrogens is 347 g/mol. The zero-order chi connectivity index (χ0) is 17.6. The third-order valence-electron chi connectivity index (χ3n) is 2.64. The van der Waals surface area contributed by atoms with Gasteiger partial charge in [0.05, 0.1) is 19.4 Å². The van der Waals surface area contributed by atoms with Gasteiger partial charge in [0.15, 0.2) is 13.2 Å². The number of ether oxygens (including phenoxy) is 2. The monoisotopic (exact) mass is 372 g/mol. The molecule has 7 nitrogen and oxygen atoms in total. The highest BCUT2D eigenvalue weighted by atomic mass is 35.5. The lowest BCUT2D eigenvalue weighted by atomic mass is 10.4. The fourth-order valence-corrected chi connectivity index (χ4v) is 3.08. The molecule has 0 unspecified atom stereocenters. The highest BCUT2D eigenvalue weighted by molar-refractivity contribution is 7.54. The fourth-order valence-electron chi connectivity index (χ4n) is 1.32. The first-order valence-electron chi connectivity index (χ1n) is 7.72. The summed E-state index contributed by atoms with van der Waals surface area (Å²) in [5, 5.41) is 0. The summed E-state index contributed by atoms with van der Waals surface area (Å²) in [4.78, 5) is 22.9. The molecule has 0 radical (unpaired) electrons. The Morgan fingerprint density at radius 2 is 1.35 bits per heavy atom. The first-order chi connectivity index (χ1) is 11.0. The van der Waals surface area contributed by atoms with Crippen LogP contribution in [0.1, 0.15) is 39.5 Å². The Morgan fingerprint density at radius 1 is 0.913 bits per heavy atom. The van der Waals surface area contributed by atoms with E-state index >= 15 is 0 Å². The van der Waals surface area contributed by atoms with Crippen molar-refractivity contribution in [2.75, 3.05) is 38.5 Å². The molecule has 0 rings (SSSR count). The zero-order valence-corrected chi connectivity index (χ0v) is 15.4. The lowest BCUT2D eigenvalue weighted by molar-refractivity contribution is -0.147. The second-order valence-corrected chi connectivity index (χ2v) is 7.28. The first kappa shape index (κ1) is 22.4. The van der Waals surface area contributed by atoms with Crippen LogP contribution in [0.25, 0.3) is 0 Å². The maximum atomic E-state index is 12.3. The van der Waals surface area contributed by atoms with E-state index in [1.807, 2.05) is 13.8 Å². The van der Waals surface area contributed by atoms with Crippen molar-refractivity contribution in [2.45, 2.75) is 39.5 Å². The summed E-state index contributed by atoms with van der Waals surface area (Å²) < 4.78 is 32.1. The minimum atomic E-state index is -3.64. The molecule has 0 fully saturated rings. The van der Waals surface area contributed by atoms with Crippen molar-refractivity contribution in [2.24, 2.45) is 0 Å². The van der Waals surface area contributed by atoms with Crippen LogP contribution in [-0.4, -0.2) is 50.4 Å². The van der Waals surface area contributed by atoms with Crippen LogP contribution in [0.15, 0.2) is 0 Å². The Balaban J connectivity index is 4.20. The number of alkyl halides is 1. The second-order valence-electron chi connectivity index (χ2n) is 4.72. The highest BCUT2D eigenvalue weighted by Gasteiger charge is 2.27. The van der Waals surface area contributed by atoms with Crippen LogP contribution < -0.4 is 0 Å². The smallest absolute Gasteiger partial charge is 0.332 e. The van der Waals surface area contributed by atoms with Gasteiger partial charge in [0.2, 0.25) is 0 Å². The van der Waals surface area contributed by atoms with E-state index in [0.29, 0.717) is 0 Å².